The first kappa shape index (κ1) is 14.5. The summed E-state index contributed by atoms with van der Waals surface area (Å²) in [5.74, 6) is -1.23. The molecular weight excluding hydrogens is 334 g/mol. The lowest BCUT2D eigenvalue weighted by Gasteiger charge is -2.41. The van der Waals surface area contributed by atoms with Gasteiger partial charge in [0.2, 0.25) is 5.91 Å². The molecule has 0 radical (unpaired) electrons. The Kier molecular flexibility index (Phi) is 4.27. The molecule has 2 rings (SSSR count). The van der Waals surface area contributed by atoms with Gasteiger partial charge in [-0.05, 0) is 41.9 Å². The molecule has 7 heteroatoms. The van der Waals surface area contributed by atoms with Crippen molar-refractivity contribution in [2.75, 3.05) is 6.61 Å². The van der Waals surface area contributed by atoms with Crippen LogP contribution in [-0.2, 0) is 14.3 Å². The predicted octanol–water partition coefficient (Wildman–Crippen LogP) is 2.27. The Morgan fingerprint density at radius 2 is 2.26 bits per heavy atom. The van der Waals surface area contributed by atoms with E-state index in [0.717, 1.165) is 8.66 Å². The third kappa shape index (κ3) is 2.82. The number of hydrogen-bond donors (Lipinski definition) is 1. The maximum atomic E-state index is 12.0. The molecule has 1 N–H and O–H groups in total. The Bertz CT molecular complexity index is 502. The molecule has 2 atom stereocenters. The zero-order valence-electron chi connectivity index (χ0n) is 10.5. The lowest BCUT2D eigenvalue weighted by atomic mass is 10.0. The van der Waals surface area contributed by atoms with Gasteiger partial charge in [-0.1, -0.05) is 0 Å². The van der Waals surface area contributed by atoms with Crippen molar-refractivity contribution in [3.63, 3.8) is 0 Å². The van der Waals surface area contributed by atoms with E-state index in [0.29, 0.717) is 0 Å². The van der Waals surface area contributed by atoms with Crippen molar-refractivity contribution < 1.29 is 19.4 Å². The van der Waals surface area contributed by atoms with Gasteiger partial charge in [-0.25, -0.2) is 4.79 Å². The standard InChI is InChI=1S/C12H14BrNO4S/c1-6(2)14-9(15)5-18-11(12(16)17)10(14)7-3-4-8(13)19-7/h3-4,6,10-11H,5H2,1-2H3,(H,16,17). The van der Waals surface area contributed by atoms with Crippen LogP contribution in [0, 0.1) is 0 Å². The molecule has 104 valence electrons. The van der Waals surface area contributed by atoms with Crippen molar-refractivity contribution in [2.24, 2.45) is 0 Å². The molecule has 0 aliphatic carbocycles. The van der Waals surface area contributed by atoms with E-state index in [2.05, 4.69) is 15.9 Å². The summed E-state index contributed by atoms with van der Waals surface area (Å²) in [6, 6.07) is 3.02. The number of aliphatic carboxylic acids is 1. The number of ether oxygens (including phenoxy) is 1. The van der Waals surface area contributed by atoms with Gasteiger partial charge in [-0.2, -0.15) is 0 Å². The zero-order valence-corrected chi connectivity index (χ0v) is 12.9. The molecule has 1 aliphatic heterocycles. The van der Waals surface area contributed by atoms with E-state index in [1.807, 2.05) is 26.0 Å². The van der Waals surface area contributed by atoms with Crippen LogP contribution < -0.4 is 0 Å². The number of halogens is 1. The van der Waals surface area contributed by atoms with E-state index in [4.69, 9.17) is 4.74 Å². The van der Waals surface area contributed by atoms with Crippen molar-refractivity contribution in [2.45, 2.75) is 32.0 Å². The summed E-state index contributed by atoms with van der Waals surface area (Å²) in [7, 11) is 0. The van der Waals surface area contributed by atoms with Crippen LogP contribution in [0.25, 0.3) is 0 Å². The van der Waals surface area contributed by atoms with Crippen molar-refractivity contribution in [1.29, 1.82) is 0 Å². The second-order valence-corrected chi connectivity index (χ2v) is 7.05. The predicted molar refractivity (Wildman–Crippen MR) is 74.1 cm³/mol. The summed E-state index contributed by atoms with van der Waals surface area (Å²) in [6.45, 7) is 3.56. The molecule has 1 fully saturated rings. The first-order valence-electron chi connectivity index (χ1n) is 5.82. The van der Waals surface area contributed by atoms with Crippen LogP contribution in [0.15, 0.2) is 15.9 Å². The van der Waals surface area contributed by atoms with Crippen LogP contribution in [-0.4, -0.2) is 40.6 Å². The minimum absolute atomic E-state index is 0.0795. The number of carboxylic acids is 1. The molecule has 1 amide bonds. The number of rotatable bonds is 3. The molecule has 5 nitrogen and oxygen atoms in total. The van der Waals surface area contributed by atoms with Crippen LogP contribution in [0.3, 0.4) is 0 Å². The molecule has 1 aromatic heterocycles. The average Bonchev–Trinajstić information content (AvgIpc) is 2.74. The minimum Gasteiger partial charge on any atom is -0.479 e. The van der Waals surface area contributed by atoms with Gasteiger partial charge in [0, 0.05) is 10.9 Å². The van der Waals surface area contributed by atoms with Gasteiger partial charge in [0.15, 0.2) is 6.10 Å². The molecule has 0 saturated carbocycles. The normalized spacial score (nSPS) is 24.0. The number of morpholine rings is 1. The molecule has 1 aromatic rings. The lowest BCUT2D eigenvalue weighted by Crippen LogP contribution is -2.54. The van der Waals surface area contributed by atoms with Crippen LogP contribution in [0.2, 0.25) is 0 Å². The SMILES string of the molecule is CC(C)N1C(=O)COC(C(=O)O)C1c1ccc(Br)s1. The summed E-state index contributed by atoms with van der Waals surface area (Å²) in [5.41, 5.74) is 0. The molecule has 0 aromatic carbocycles. The summed E-state index contributed by atoms with van der Waals surface area (Å²) in [6.07, 6.45) is -1.02. The van der Waals surface area contributed by atoms with Gasteiger partial charge in [0.25, 0.3) is 0 Å². The molecule has 2 heterocycles. The molecule has 0 bridgehead atoms. The maximum absolute atomic E-state index is 12.0. The van der Waals surface area contributed by atoms with Gasteiger partial charge in [-0.15, -0.1) is 11.3 Å². The first-order chi connectivity index (χ1) is 8.91. The van der Waals surface area contributed by atoms with Gasteiger partial charge in [0.1, 0.15) is 12.6 Å². The highest BCUT2D eigenvalue weighted by Gasteiger charge is 2.43. The Hall–Kier alpha value is -0.920. The summed E-state index contributed by atoms with van der Waals surface area (Å²) in [4.78, 5) is 25.7. The fraction of sp³-hybridized carbons (Fsp3) is 0.500. The largest absolute Gasteiger partial charge is 0.479 e. The summed E-state index contributed by atoms with van der Waals surface area (Å²) >= 11 is 4.77. The van der Waals surface area contributed by atoms with Gasteiger partial charge in [-0.3, -0.25) is 4.79 Å². The van der Waals surface area contributed by atoms with Crippen LogP contribution >= 0.6 is 27.3 Å². The van der Waals surface area contributed by atoms with Crippen LogP contribution in [0.1, 0.15) is 24.8 Å². The summed E-state index contributed by atoms with van der Waals surface area (Å²) in [5, 5.41) is 9.29. The molecule has 2 unspecified atom stereocenters. The molecule has 1 saturated heterocycles. The van der Waals surface area contributed by atoms with E-state index in [1.54, 1.807) is 4.90 Å². The molecule has 1 aliphatic rings. The number of nitrogens with zero attached hydrogens (tertiary/aromatic N) is 1. The second-order valence-electron chi connectivity index (χ2n) is 4.55. The topological polar surface area (TPSA) is 66.8 Å². The monoisotopic (exact) mass is 347 g/mol. The Morgan fingerprint density at radius 1 is 1.58 bits per heavy atom. The fourth-order valence-electron chi connectivity index (χ4n) is 2.22. The second kappa shape index (κ2) is 5.60. The van der Waals surface area contributed by atoms with Crippen LogP contribution in [0.4, 0.5) is 0 Å². The first-order valence-corrected chi connectivity index (χ1v) is 7.43. The Morgan fingerprint density at radius 3 is 2.74 bits per heavy atom. The smallest absolute Gasteiger partial charge is 0.335 e. The highest BCUT2D eigenvalue weighted by molar-refractivity contribution is 9.11. The fourth-order valence-corrected chi connectivity index (χ4v) is 3.76. The van der Waals surface area contributed by atoms with E-state index in [1.165, 1.54) is 11.3 Å². The number of carboxylic acid groups (broad SMARTS) is 1. The highest BCUT2D eigenvalue weighted by atomic mass is 79.9. The van der Waals surface area contributed by atoms with Crippen molar-refractivity contribution >= 4 is 39.1 Å². The minimum atomic E-state index is -1.05. The molecule has 19 heavy (non-hydrogen) atoms. The van der Waals surface area contributed by atoms with E-state index in [9.17, 15) is 14.7 Å². The average molecular weight is 348 g/mol. The maximum Gasteiger partial charge on any atom is 0.335 e. The highest BCUT2D eigenvalue weighted by Crippen LogP contribution is 2.37. The van der Waals surface area contributed by atoms with E-state index in [-0.39, 0.29) is 18.6 Å². The lowest BCUT2D eigenvalue weighted by molar-refractivity contribution is -0.175. The number of amides is 1. The van der Waals surface area contributed by atoms with E-state index >= 15 is 0 Å². The van der Waals surface area contributed by atoms with Crippen molar-refractivity contribution in [3.8, 4) is 0 Å². The van der Waals surface area contributed by atoms with Crippen molar-refractivity contribution in [3.05, 3.63) is 20.8 Å². The van der Waals surface area contributed by atoms with Crippen molar-refractivity contribution in [1.82, 2.24) is 4.90 Å². The Balaban J connectivity index is 2.43. The number of carbonyl (C=O) groups is 2. The van der Waals surface area contributed by atoms with Gasteiger partial charge in [0.05, 0.1) is 3.79 Å². The van der Waals surface area contributed by atoms with Gasteiger partial charge < -0.3 is 14.7 Å². The van der Waals surface area contributed by atoms with E-state index < -0.39 is 18.1 Å². The number of thiophene rings is 1. The third-order valence-electron chi connectivity index (χ3n) is 2.95. The van der Waals surface area contributed by atoms with Gasteiger partial charge >= 0.3 is 5.97 Å². The third-order valence-corrected chi connectivity index (χ3v) is 4.64. The molecular formula is C12H14BrNO4S. The number of carbonyl (C=O) groups excluding carboxylic acids is 1. The molecule has 0 spiro atoms. The quantitative estimate of drug-likeness (QED) is 0.910. The number of hydrogen-bond acceptors (Lipinski definition) is 4. The Labute approximate surface area is 123 Å². The van der Waals surface area contributed by atoms with Crippen LogP contribution in [0.5, 0.6) is 0 Å². The summed E-state index contributed by atoms with van der Waals surface area (Å²) < 4.78 is 6.11. The zero-order chi connectivity index (χ0) is 14.2.